The van der Waals surface area contributed by atoms with Gasteiger partial charge in [0.05, 0.1) is 12.8 Å². The van der Waals surface area contributed by atoms with Crippen molar-refractivity contribution < 1.29 is 14.3 Å². The first-order valence-corrected chi connectivity index (χ1v) is 12.8. The molecular formula is C28H32ClN5O3. The molecule has 2 aromatic carbocycles. The highest BCUT2D eigenvalue weighted by atomic mass is 35.5. The Bertz CT molecular complexity index is 1190. The molecule has 3 aromatic rings. The van der Waals surface area contributed by atoms with E-state index >= 15 is 0 Å². The van der Waals surface area contributed by atoms with Gasteiger partial charge in [-0.1, -0.05) is 25.4 Å². The molecule has 0 bridgehead atoms. The number of ether oxygens (including phenoxy) is 1. The number of carbonyl (C=O) groups is 2. The summed E-state index contributed by atoms with van der Waals surface area (Å²) >= 11 is 5.97. The molecule has 0 saturated carbocycles. The maximum atomic E-state index is 13.1. The molecule has 0 aliphatic carbocycles. The van der Waals surface area contributed by atoms with Crippen LogP contribution in [-0.4, -0.2) is 78.2 Å². The van der Waals surface area contributed by atoms with Gasteiger partial charge in [0.15, 0.2) is 5.82 Å². The first kappa shape index (κ1) is 26.4. The molecular weight excluding hydrogens is 490 g/mol. The van der Waals surface area contributed by atoms with Crippen LogP contribution >= 0.6 is 11.6 Å². The standard InChI is InChI=1S/C28H32ClN5O3/c1-20(2)18-34(28(36)22-4-8-23(29)9-5-22)19-27(35)33-16-14-32(15-17-33)26-13-12-25(30-31-26)21-6-10-24(37-3)11-7-21/h4-13,20H,14-19H2,1-3H3. The lowest BCUT2D eigenvalue weighted by molar-refractivity contribution is -0.132. The zero-order valence-corrected chi connectivity index (χ0v) is 22.2. The fourth-order valence-corrected chi connectivity index (χ4v) is 4.42. The zero-order valence-electron chi connectivity index (χ0n) is 21.4. The van der Waals surface area contributed by atoms with Gasteiger partial charge in [-0.25, -0.2) is 0 Å². The van der Waals surface area contributed by atoms with Crippen LogP contribution in [0.5, 0.6) is 5.75 Å². The van der Waals surface area contributed by atoms with Crippen LogP contribution in [0.2, 0.25) is 5.02 Å². The van der Waals surface area contributed by atoms with Gasteiger partial charge in [-0.3, -0.25) is 9.59 Å². The van der Waals surface area contributed by atoms with E-state index in [2.05, 4.69) is 15.1 Å². The molecule has 2 heterocycles. The van der Waals surface area contributed by atoms with Gasteiger partial charge >= 0.3 is 0 Å². The number of hydrogen-bond acceptors (Lipinski definition) is 6. The quantitative estimate of drug-likeness (QED) is 0.441. The van der Waals surface area contributed by atoms with E-state index in [-0.39, 0.29) is 24.3 Å². The van der Waals surface area contributed by atoms with Crippen molar-refractivity contribution in [3.8, 4) is 17.0 Å². The number of methoxy groups -OCH3 is 1. The van der Waals surface area contributed by atoms with Crippen LogP contribution in [-0.2, 0) is 4.79 Å². The fourth-order valence-electron chi connectivity index (χ4n) is 4.29. The predicted octanol–water partition coefficient (Wildman–Crippen LogP) is 4.25. The van der Waals surface area contributed by atoms with Crippen LogP contribution in [0, 0.1) is 5.92 Å². The van der Waals surface area contributed by atoms with Crippen molar-refractivity contribution in [2.24, 2.45) is 5.92 Å². The molecule has 1 aliphatic rings. The molecule has 8 nitrogen and oxygen atoms in total. The number of amides is 2. The van der Waals surface area contributed by atoms with Crippen molar-refractivity contribution in [1.29, 1.82) is 0 Å². The van der Waals surface area contributed by atoms with E-state index in [1.807, 2.05) is 55.1 Å². The number of rotatable bonds is 8. The molecule has 194 valence electrons. The van der Waals surface area contributed by atoms with Gasteiger partial charge in [0.2, 0.25) is 5.91 Å². The Morgan fingerprint density at radius 3 is 2.19 bits per heavy atom. The second-order valence-electron chi connectivity index (χ2n) is 9.46. The third kappa shape index (κ3) is 6.77. The third-order valence-corrected chi connectivity index (χ3v) is 6.53. The van der Waals surface area contributed by atoms with E-state index in [4.69, 9.17) is 16.3 Å². The lowest BCUT2D eigenvalue weighted by Crippen LogP contribution is -2.52. The van der Waals surface area contributed by atoms with Crippen LogP contribution in [0.1, 0.15) is 24.2 Å². The lowest BCUT2D eigenvalue weighted by Gasteiger charge is -2.36. The summed E-state index contributed by atoms with van der Waals surface area (Å²) in [5, 5.41) is 9.37. The van der Waals surface area contributed by atoms with Gasteiger partial charge in [-0.2, -0.15) is 0 Å². The van der Waals surface area contributed by atoms with E-state index in [9.17, 15) is 9.59 Å². The molecule has 0 N–H and O–H groups in total. The SMILES string of the molecule is COc1ccc(-c2ccc(N3CCN(C(=O)CN(CC(C)C)C(=O)c4ccc(Cl)cc4)CC3)nn2)cc1. The molecule has 2 amide bonds. The number of hydrogen-bond donors (Lipinski definition) is 0. The topological polar surface area (TPSA) is 78.9 Å². The fraction of sp³-hybridized carbons (Fsp3) is 0.357. The number of anilines is 1. The monoisotopic (exact) mass is 521 g/mol. The Morgan fingerprint density at radius 1 is 0.946 bits per heavy atom. The molecule has 0 atom stereocenters. The Labute approximate surface area is 222 Å². The Morgan fingerprint density at radius 2 is 1.62 bits per heavy atom. The maximum absolute atomic E-state index is 13.1. The van der Waals surface area contributed by atoms with Crippen LogP contribution in [0.15, 0.2) is 60.7 Å². The van der Waals surface area contributed by atoms with Crippen molar-refractivity contribution in [3.05, 3.63) is 71.2 Å². The van der Waals surface area contributed by atoms with E-state index < -0.39 is 0 Å². The van der Waals surface area contributed by atoms with Crippen LogP contribution < -0.4 is 9.64 Å². The third-order valence-electron chi connectivity index (χ3n) is 6.28. The summed E-state index contributed by atoms with van der Waals surface area (Å²) in [7, 11) is 1.64. The minimum atomic E-state index is -0.162. The Kier molecular flexibility index (Phi) is 8.61. The van der Waals surface area contributed by atoms with Gasteiger partial charge in [0.1, 0.15) is 12.3 Å². The second-order valence-corrected chi connectivity index (χ2v) is 9.90. The average molecular weight is 522 g/mol. The van der Waals surface area contributed by atoms with Gasteiger partial charge in [0, 0.05) is 48.9 Å². The molecule has 37 heavy (non-hydrogen) atoms. The first-order valence-electron chi connectivity index (χ1n) is 12.4. The normalized spacial score (nSPS) is 13.5. The lowest BCUT2D eigenvalue weighted by atomic mass is 10.1. The van der Waals surface area contributed by atoms with Crippen molar-refractivity contribution >= 4 is 29.2 Å². The molecule has 9 heteroatoms. The number of carbonyl (C=O) groups excluding carboxylic acids is 2. The predicted molar refractivity (Wildman–Crippen MR) is 145 cm³/mol. The van der Waals surface area contributed by atoms with Crippen molar-refractivity contribution in [2.45, 2.75) is 13.8 Å². The maximum Gasteiger partial charge on any atom is 0.254 e. The minimum absolute atomic E-state index is 0.0516. The van der Waals surface area contributed by atoms with Gasteiger partial charge in [-0.05, 0) is 66.6 Å². The first-order chi connectivity index (χ1) is 17.8. The van der Waals surface area contributed by atoms with E-state index in [1.54, 1.807) is 36.3 Å². The minimum Gasteiger partial charge on any atom is -0.497 e. The highest BCUT2D eigenvalue weighted by Gasteiger charge is 2.26. The van der Waals surface area contributed by atoms with Crippen molar-refractivity contribution in [2.75, 3.05) is 51.3 Å². The summed E-state index contributed by atoms with van der Waals surface area (Å²) in [6, 6.07) is 18.4. The molecule has 0 radical (unpaired) electrons. The molecule has 1 fully saturated rings. The van der Waals surface area contributed by atoms with Crippen LogP contribution in [0.3, 0.4) is 0 Å². The number of piperazine rings is 1. The molecule has 0 unspecified atom stereocenters. The molecule has 1 aromatic heterocycles. The highest BCUT2D eigenvalue weighted by molar-refractivity contribution is 6.30. The Hall–Kier alpha value is -3.65. The summed E-state index contributed by atoms with van der Waals surface area (Å²) < 4.78 is 5.21. The number of aromatic nitrogens is 2. The summed E-state index contributed by atoms with van der Waals surface area (Å²) in [4.78, 5) is 31.8. The van der Waals surface area contributed by atoms with Crippen LogP contribution in [0.4, 0.5) is 5.82 Å². The summed E-state index contributed by atoms with van der Waals surface area (Å²) in [5.74, 6) is 1.60. The number of halogens is 1. The smallest absolute Gasteiger partial charge is 0.254 e. The van der Waals surface area contributed by atoms with Crippen LogP contribution in [0.25, 0.3) is 11.3 Å². The highest BCUT2D eigenvalue weighted by Crippen LogP contribution is 2.22. The molecule has 4 rings (SSSR count). The molecule has 0 spiro atoms. The van der Waals surface area contributed by atoms with Crippen molar-refractivity contribution in [3.63, 3.8) is 0 Å². The summed E-state index contributed by atoms with van der Waals surface area (Å²) in [5.41, 5.74) is 2.28. The largest absolute Gasteiger partial charge is 0.497 e. The summed E-state index contributed by atoms with van der Waals surface area (Å²) in [6.45, 7) is 7.05. The Balaban J connectivity index is 1.34. The number of nitrogens with zero attached hydrogens (tertiary/aromatic N) is 5. The van der Waals surface area contributed by atoms with Gasteiger partial charge < -0.3 is 19.4 Å². The molecule has 1 aliphatic heterocycles. The van der Waals surface area contributed by atoms with E-state index in [0.29, 0.717) is 43.3 Å². The van der Waals surface area contributed by atoms with Gasteiger partial charge in [-0.15, -0.1) is 10.2 Å². The average Bonchev–Trinajstić information content (AvgIpc) is 2.92. The zero-order chi connectivity index (χ0) is 26.4. The van der Waals surface area contributed by atoms with E-state index in [0.717, 1.165) is 22.8 Å². The second kappa shape index (κ2) is 12.1. The van der Waals surface area contributed by atoms with Crippen molar-refractivity contribution in [1.82, 2.24) is 20.0 Å². The summed E-state index contributed by atoms with van der Waals surface area (Å²) in [6.07, 6.45) is 0. The van der Waals surface area contributed by atoms with E-state index in [1.165, 1.54) is 0 Å². The molecule has 1 saturated heterocycles. The number of benzene rings is 2. The van der Waals surface area contributed by atoms with Gasteiger partial charge in [0.25, 0.3) is 5.91 Å².